The molecule has 2 aromatic carbocycles. The largest absolute Gasteiger partial charge is 0.349 e. The monoisotopic (exact) mass is 440 g/mol. The van der Waals surface area contributed by atoms with Gasteiger partial charge in [0.1, 0.15) is 0 Å². The molecule has 2 aromatic rings. The summed E-state index contributed by atoms with van der Waals surface area (Å²) in [6, 6.07) is 13.6. The summed E-state index contributed by atoms with van der Waals surface area (Å²) >= 11 is 0. The van der Waals surface area contributed by atoms with Crippen molar-refractivity contribution in [3.8, 4) is 0 Å². The van der Waals surface area contributed by atoms with Crippen LogP contribution in [0.15, 0.2) is 47.4 Å². The lowest BCUT2D eigenvalue weighted by atomic mass is 9.92. The van der Waals surface area contributed by atoms with Gasteiger partial charge < -0.3 is 5.32 Å². The molecule has 166 valence electrons. The first-order chi connectivity index (χ1) is 14.9. The Morgan fingerprint density at radius 1 is 1.03 bits per heavy atom. The minimum absolute atomic E-state index is 0.0154. The number of benzene rings is 2. The molecule has 1 N–H and O–H groups in total. The Labute approximate surface area is 185 Å². The van der Waals surface area contributed by atoms with E-state index in [-0.39, 0.29) is 17.9 Å². The molecule has 0 aromatic heterocycles. The van der Waals surface area contributed by atoms with Crippen LogP contribution in [-0.4, -0.2) is 31.7 Å². The highest BCUT2D eigenvalue weighted by atomic mass is 32.2. The third kappa shape index (κ3) is 4.70. The van der Waals surface area contributed by atoms with E-state index < -0.39 is 10.0 Å². The van der Waals surface area contributed by atoms with E-state index in [1.54, 1.807) is 10.4 Å². The zero-order chi connectivity index (χ0) is 22.0. The van der Waals surface area contributed by atoms with Crippen molar-refractivity contribution in [2.24, 2.45) is 5.92 Å². The Hall–Kier alpha value is -2.18. The zero-order valence-electron chi connectivity index (χ0n) is 18.4. The molecular formula is C25H32N2O3S. The van der Waals surface area contributed by atoms with Gasteiger partial charge in [-0.1, -0.05) is 30.3 Å². The molecule has 1 heterocycles. The number of nitrogens with one attached hydrogen (secondary N) is 1. The number of nitrogens with zero attached hydrogens (tertiary/aromatic N) is 1. The van der Waals surface area contributed by atoms with E-state index in [2.05, 4.69) is 5.32 Å². The predicted molar refractivity (Wildman–Crippen MR) is 122 cm³/mol. The van der Waals surface area contributed by atoms with Gasteiger partial charge in [-0.15, -0.1) is 0 Å². The minimum atomic E-state index is -3.51. The van der Waals surface area contributed by atoms with E-state index in [0.29, 0.717) is 30.8 Å². The van der Waals surface area contributed by atoms with Crippen molar-refractivity contribution in [2.75, 3.05) is 13.1 Å². The van der Waals surface area contributed by atoms with Gasteiger partial charge in [-0.2, -0.15) is 4.31 Å². The molecule has 4 rings (SSSR count). The standard InChI is InChI=1S/C25H32N2O3S/c1-18-7-3-6-10-24(18)19(2)26-25(28)21-13-15-27(16-14-21)31(29,30)23-12-11-20-8-4-5-9-22(20)17-23/h3,6-7,10-12,17,19,21H,4-5,8-9,13-16H2,1-2H3,(H,26,28). The predicted octanol–water partition coefficient (Wildman–Crippen LogP) is 4.15. The van der Waals surface area contributed by atoms with Crippen LogP contribution in [0.2, 0.25) is 0 Å². The van der Waals surface area contributed by atoms with Gasteiger partial charge in [0, 0.05) is 19.0 Å². The Bertz CT molecular complexity index is 1060. The maximum atomic E-state index is 13.2. The number of carbonyl (C=O) groups excluding carboxylic acids is 1. The van der Waals surface area contributed by atoms with Gasteiger partial charge in [-0.05, 0) is 86.8 Å². The summed E-state index contributed by atoms with van der Waals surface area (Å²) < 4.78 is 27.9. The molecule has 1 atom stereocenters. The Kier molecular flexibility index (Phi) is 6.49. The van der Waals surface area contributed by atoms with Crippen LogP contribution in [0.5, 0.6) is 0 Å². The number of hydrogen-bond acceptors (Lipinski definition) is 3. The van der Waals surface area contributed by atoms with Crippen molar-refractivity contribution in [1.29, 1.82) is 0 Å². The number of fused-ring (bicyclic) bond motifs is 1. The molecule has 6 heteroatoms. The second-order valence-corrected chi connectivity index (χ2v) is 10.8. The van der Waals surface area contributed by atoms with Crippen molar-refractivity contribution in [3.63, 3.8) is 0 Å². The maximum Gasteiger partial charge on any atom is 0.243 e. The summed E-state index contributed by atoms with van der Waals surface area (Å²) in [7, 11) is -3.51. The summed E-state index contributed by atoms with van der Waals surface area (Å²) in [5, 5.41) is 3.12. The van der Waals surface area contributed by atoms with Crippen molar-refractivity contribution in [3.05, 3.63) is 64.7 Å². The van der Waals surface area contributed by atoms with Crippen LogP contribution < -0.4 is 5.32 Å². The molecule has 5 nitrogen and oxygen atoms in total. The number of rotatable bonds is 5. The lowest BCUT2D eigenvalue weighted by molar-refractivity contribution is -0.126. The summed E-state index contributed by atoms with van der Waals surface area (Å²) in [5.74, 6) is -0.136. The van der Waals surface area contributed by atoms with E-state index >= 15 is 0 Å². The van der Waals surface area contributed by atoms with E-state index in [1.807, 2.05) is 50.2 Å². The Morgan fingerprint density at radius 3 is 2.42 bits per heavy atom. The molecule has 1 fully saturated rings. The van der Waals surface area contributed by atoms with E-state index in [0.717, 1.165) is 30.4 Å². The number of piperidine rings is 1. The quantitative estimate of drug-likeness (QED) is 0.759. The fraction of sp³-hybridized carbons (Fsp3) is 0.480. The molecule has 0 saturated carbocycles. The molecule has 1 aliphatic carbocycles. The second-order valence-electron chi connectivity index (χ2n) is 8.90. The molecule has 1 unspecified atom stereocenters. The van der Waals surface area contributed by atoms with Gasteiger partial charge in [-0.3, -0.25) is 4.79 Å². The zero-order valence-corrected chi connectivity index (χ0v) is 19.2. The van der Waals surface area contributed by atoms with Crippen molar-refractivity contribution in [1.82, 2.24) is 9.62 Å². The fourth-order valence-corrected chi connectivity index (χ4v) is 6.38. The minimum Gasteiger partial charge on any atom is -0.349 e. The molecule has 31 heavy (non-hydrogen) atoms. The SMILES string of the molecule is Cc1ccccc1C(C)NC(=O)C1CCN(S(=O)(=O)c2ccc3c(c2)CCCC3)CC1. The molecular weight excluding hydrogens is 408 g/mol. The number of aryl methyl sites for hydroxylation is 3. The van der Waals surface area contributed by atoms with Crippen LogP contribution in [0, 0.1) is 12.8 Å². The lowest BCUT2D eigenvalue weighted by Gasteiger charge is -2.31. The molecule has 0 bridgehead atoms. The summed E-state index contributed by atoms with van der Waals surface area (Å²) in [6.07, 6.45) is 5.40. The van der Waals surface area contributed by atoms with Crippen LogP contribution in [0.3, 0.4) is 0 Å². The van der Waals surface area contributed by atoms with E-state index in [4.69, 9.17) is 0 Å². The maximum absolute atomic E-state index is 13.2. The summed E-state index contributed by atoms with van der Waals surface area (Å²) in [6.45, 7) is 4.81. The normalized spacial score (nSPS) is 18.9. The van der Waals surface area contributed by atoms with Crippen LogP contribution in [0.4, 0.5) is 0 Å². The fourth-order valence-electron chi connectivity index (χ4n) is 4.86. The van der Waals surface area contributed by atoms with Gasteiger partial charge in [0.05, 0.1) is 10.9 Å². The molecule has 1 amide bonds. The molecule has 0 spiro atoms. The third-order valence-electron chi connectivity index (χ3n) is 6.80. The van der Waals surface area contributed by atoms with Crippen molar-refractivity contribution >= 4 is 15.9 Å². The van der Waals surface area contributed by atoms with Crippen LogP contribution >= 0.6 is 0 Å². The second kappa shape index (κ2) is 9.13. The average molecular weight is 441 g/mol. The number of sulfonamides is 1. The highest BCUT2D eigenvalue weighted by Crippen LogP contribution is 2.28. The topological polar surface area (TPSA) is 66.5 Å². The average Bonchev–Trinajstić information content (AvgIpc) is 2.79. The highest BCUT2D eigenvalue weighted by Gasteiger charge is 2.33. The lowest BCUT2D eigenvalue weighted by Crippen LogP contribution is -2.43. The van der Waals surface area contributed by atoms with Gasteiger partial charge in [0.15, 0.2) is 0 Å². The van der Waals surface area contributed by atoms with E-state index in [9.17, 15) is 13.2 Å². The smallest absolute Gasteiger partial charge is 0.243 e. The van der Waals surface area contributed by atoms with E-state index in [1.165, 1.54) is 17.5 Å². The van der Waals surface area contributed by atoms with Crippen LogP contribution in [0.25, 0.3) is 0 Å². The molecule has 2 aliphatic rings. The van der Waals surface area contributed by atoms with Crippen LogP contribution in [-0.2, 0) is 27.7 Å². The highest BCUT2D eigenvalue weighted by molar-refractivity contribution is 7.89. The third-order valence-corrected chi connectivity index (χ3v) is 8.69. The van der Waals surface area contributed by atoms with Crippen molar-refractivity contribution in [2.45, 2.75) is 63.3 Å². The summed E-state index contributed by atoms with van der Waals surface area (Å²) in [4.78, 5) is 13.2. The Balaban J connectivity index is 1.38. The first-order valence-electron chi connectivity index (χ1n) is 11.3. The molecule has 1 saturated heterocycles. The van der Waals surface area contributed by atoms with Crippen LogP contribution in [0.1, 0.15) is 60.9 Å². The molecule has 0 radical (unpaired) electrons. The first-order valence-corrected chi connectivity index (χ1v) is 12.8. The Morgan fingerprint density at radius 2 is 1.71 bits per heavy atom. The number of carbonyl (C=O) groups is 1. The van der Waals surface area contributed by atoms with Gasteiger partial charge >= 0.3 is 0 Å². The first kappa shape index (κ1) is 22.0. The van der Waals surface area contributed by atoms with Gasteiger partial charge in [0.2, 0.25) is 15.9 Å². The summed E-state index contributed by atoms with van der Waals surface area (Å²) in [5.41, 5.74) is 4.72. The number of hydrogen-bond donors (Lipinski definition) is 1. The van der Waals surface area contributed by atoms with Gasteiger partial charge in [0.25, 0.3) is 0 Å². The molecule has 1 aliphatic heterocycles. The number of amides is 1. The van der Waals surface area contributed by atoms with Gasteiger partial charge in [-0.25, -0.2) is 8.42 Å². The van der Waals surface area contributed by atoms with Crippen molar-refractivity contribution < 1.29 is 13.2 Å².